The lowest BCUT2D eigenvalue weighted by molar-refractivity contribution is -0.117. The van der Waals surface area contributed by atoms with Crippen molar-refractivity contribution in [1.82, 2.24) is 19.4 Å². The van der Waals surface area contributed by atoms with Crippen LogP contribution in [0.3, 0.4) is 0 Å². The van der Waals surface area contributed by atoms with Crippen LogP contribution in [0.5, 0.6) is 0 Å². The normalized spacial score (nSPS) is 11.1. The van der Waals surface area contributed by atoms with Crippen molar-refractivity contribution in [3.63, 3.8) is 0 Å². The molecule has 0 aliphatic heterocycles. The van der Waals surface area contributed by atoms with Crippen molar-refractivity contribution in [2.75, 3.05) is 5.43 Å². The van der Waals surface area contributed by atoms with Crippen LogP contribution in [0.15, 0.2) is 64.4 Å². The van der Waals surface area contributed by atoms with E-state index in [1.807, 2.05) is 24.3 Å². The van der Waals surface area contributed by atoms with E-state index < -0.39 is 0 Å². The minimum atomic E-state index is -0.360. The third kappa shape index (κ3) is 2.77. The zero-order chi connectivity index (χ0) is 18.1. The third-order valence-corrected chi connectivity index (χ3v) is 4.14. The van der Waals surface area contributed by atoms with Gasteiger partial charge in [0.2, 0.25) is 5.91 Å². The molecule has 0 saturated carbocycles. The average Bonchev–Trinajstić information content (AvgIpc) is 3.06. The Hall–Kier alpha value is -3.68. The molecule has 0 bridgehead atoms. The van der Waals surface area contributed by atoms with E-state index in [4.69, 9.17) is 0 Å². The summed E-state index contributed by atoms with van der Waals surface area (Å²) in [5.74, 6) is -0.297. The molecule has 130 valence electrons. The SMILES string of the molecule is O=C(CCn1[nH]c(=O)c2ccccc2c1=O)Nn1cnc2ccccc21. The first-order chi connectivity index (χ1) is 12.6. The quantitative estimate of drug-likeness (QED) is 0.578. The number of amides is 1. The molecule has 2 aromatic carbocycles. The standard InChI is InChI=1S/C18H15N5O3/c24-16(20-23-11-19-14-7-3-4-8-15(14)23)9-10-22-18(26)13-6-2-1-5-12(13)17(25)21-22/h1-8,11H,9-10H2,(H,20,24)(H,21,25). The molecule has 1 amide bonds. The summed E-state index contributed by atoms with van der Waals surface area (Å²) in [7, 11) is 0. The van der Waals surface area contributed by atoms with Crippen LogP contribution in [0.4, 0.5) is 0 Å². The molecular formula is C18H15N5O3. The van der Waals surface area contributed by atoms with Crippen molar-refractivity contribution in [2.45, 2.75) is 13.0 Å². The van der Waals surface area contributed by atoms with E-state index in [2.05, 4.69) is 15.5 Å². The number of rotatable bonds is 4. The number of carbonyl (C=O) groups is 1. The highest BCUT2D eigenvalue weighted by Gasteiger charge is 2.10. The molecule has 0 fully saturated rings. The van der Waals surface area contributed by atoms with Gasteiger partial charge in [-0.15, -0.1) is 0 Å². The Morgan fingerprint density at radius 3 is 2.62 bits per heavy atom. The average molecular weight is 349 g/mol. The Balaban J connectivity index is 1.53. The van der Waals surface area contributed by atoms with Crippen LogP contribution in [0.2, 0.25) is 0 Å². The number of H-pyrrole nitrogens is 1. The Bertz CT molecular complexity index is 1230. The van der Waals surface area contributed by atoms with Crippen molar-refractivity contribution in [3.05, 3.63) is 75.6 Å². The van der Waals surface area contributed by atoms with Crippen molar-refractivity contribution in [1.29, 1.82) is 0 Å². The van der Waals surface area contributed by atoms with Gasteiger partial charge in [0.05, 0.1) is 28.4 Å². The molecule has 0 aliphatic rings. The van der Waals surface area contributed by atoms with Gasteiger partial charge in [0.25, 0.3) is 11.1 Å². The largest absolute Gasteiger partial charge is 0.273 e. The molecule has 0 atom stereocenters. The molecule has 0 unspecified atom stereocenters. The number of benzene rings is 2. The molecule has 4 aromatic rings. The zero-order valence-electron chi connectivity index (χ0n) is 13.7. The monoisotopic (exact) mass is 349 g/mol. The van der Waals surface area contributed by atoms with E-state index in [9.17, 15) is 14.4 Å². The van der Waals surface area contributed by atoms with Gasteiger partial charge in [0.15, 0.2) is 0 Å². The van der Waals surface area contributed by atoms with Crippen LogP contribution < -0.4 is 16.5 Å². The second-order valence-electron chi connectivity index (χ2n) is 5.83. The van der Waals surface area contributed by atoms with Crippen LogP contribution in [0.25, 0.3) is 21.8 Å². The Morgan fingerprint density at radius 1 is 1.04 bits per heavy atom. The van der Waals surface area contributed by atoms with E-state index in [0.717, 1.165) is 15.7 Å². The predicted octanol–water partition coefficient (Wildman–Crippen LogP) is 1.20. The lowest BCUT2D eigenvalue weighted by Crippen LogP contribution is -2.32. The van der Waals surface area contributed by atoms with E-state index in [0.29, 0.717) is 10.8 Å². The number of nitrogens with zero attached hydrogens (tertiary/aromatic N) is 3. The van der Waals surface area contributed by atoms with Gasteiger partial charge < -0.3 is 0 Å². The van der Waals surface area contributed by atoms with Crippen molar-refractivity contribution >= 4 is 27.7 Å². The van der Waals surface area contributed by atoms with Crippen LogP contribution in [-0.4, -0.2) is 25.3 Å². The molecule has 2 N–H and O–H groups in total. The topological polar surface area (TPSA) is 102 Å². The van der Waals surface area contributed by atoms with Crippen molar-refractivity contribution < 1.29 is 4.79 Å². The maximum atomic E-state index is 12.4. The Labute approximate surface area is 146 Å². The molecule has 0 saturated heterocycles. The Kier molecular flexibility index (Phi) is 3.85. The first-order valence-corrected chi connectivity index (χ1v) is 8.07. The fourth-order valence-corrected chi connectivity index (χ4v) is 2.86. The number of aryl methyl sites for hydroxylation is 1. The summed E-state index contributed by atoms with van der Waals surface area (Å²) >= 11 is 0. The van der Waals surface area contributed by atoms with Crippen molar-refractivity contribution in [2.24, 2.45) is 0 Å². The van der Waals surface area contributed by atoms with Crippen LogP contribution in [-0.2, 0) is 11.3 Å². The molecule has 4 rings (SSSR count). The molecule has 0 aliphatic carbocycles. The van der Waals surface area contributed by atoms with Crippen LogP contribution in [0.1, 0.15) is 6.42 Å². The van der Waals surface area contributed by atoms with Gasteiger partial charge in [-0.25, -0.2) is 14.3 Å². The smallest absolute Gasteiger partial charge is 0.273 e. The van der Waals surface area contributed by atoms with E-state index in [1.54, 1.807) is 24.3 Å². The molecule has 2 aromatic heterocycles. The summed E-state index contributed by atoms with van der Waals surface area (Å²) < 4.78 is 2.69. The zero-order valence-corrected chi connectivity index (χ0v) is 13.7. The number of nitrogens with one attached hydrogen (secondary N) is 2. The highest BCUT2D eigenvalue weighted by atomic mass is 16.2. The highest BCUT2D eigenvalue weighted by molar-refractivity contribution is 5.86. The molecule has 8 nitrogen and oxygen atoms in total. The maximum absolute atomic E-state index is 12.4. The van der Waals surface area contributed by atoms with E-state index >= 15 is 0 Å². The van der Waals surface area contributed by atoms with Gasteiger partial charge in [0, 0.05) is 6.42 Å². The lowest BCUT2D eigenvalue weighted by Gasteiger charge is -2.09. The van der Waals surface area contributed by atoms with Gasteiger partial charge in [-0.1, -0.05) is 24.3 Å². The molecular weight excluding hydrogens is 334 g/mol. The van der Waals surface area contributed by atoms with E-state index in [1.165, 1.54) is 11.0 Å². The molecule has 2 heterocycles. The number of fused-ring (bicyclic) bond motifs is 2. The second kappa shape index (κ2) is 6.32. The molecule has 8 heteroatoms. The number of hydrogen-bond acceptors (Lipinski definition) is 4. The molecule has 0 spiro atoms. The molecule has 0 radical (unpaired) electrons. The lowest BCUT2D eigenvalue weighted by atomic mass is 10.2. The maximum Gasteiger partial charge on any atom is 0.273 e. The summed E-state index contributed by atoms with van der Waals surface area (Å²) in [6.07, 6.45) is 1.55. The third-order valence-electron chi connectivity index (χ3n) is 4.14. The minimum Gasteiger partial charge on any atom is -0.273 e. The fourth-order valence-electron chi connectivity index (χ4n) is 2.86. The van der Waals surface area contributed by atoms with Gasteiger partial charge in [-0.05, 0) is 24.3 Å². The van der Waals surface area contributed by atoms with Crippen LogP contribution in [0, 0.1) is 0 Å². The molecule has 26 heavy (non-hydrogen) atoms. The van der Waals surface area contributed by atoms with Gasteiger partial charge >= 0.3 is 0 Å². The highest BCUT2D eigenvalue weighted by Crippen LogP contribution is 2.10. The number of imidazole rings is 1. The summed E-state index contributed by atoms with van der Waals surface area (Å²) in [4.78, 5) is 40.9. The number of para-hydroxylation sites is 2. The summed E-state index contributed by atoms with van der Waals surface area (Å²) in [5, 5.41) is 3.18. The predicted molar refractivity (Wildman–Crippen MR) is 97.5 cm³/mol. The van der Waals surface area contributed by atoms with E-state index in [-0.39, 0.29) is 30.0 Å². The summed E-state index contributed by atoms with van der Waals surface area (Å²) in [5.41, 5.74) is 3.56. The number of carbonyl (C=O) groups excluding carboxylic acids is 1. The van der Waals surface area contributed by atoms with Gasteiger partial charge in [-0.2, -0.15) is 0 Å². The van der Waals surface area contributed by atoms with Crippen LogP contribution >= 0.6 is 0 Å². The fraction of sp³-hybridized carbons (Fsp3) is 0.111. The Morgan fingerprint density at radius 2 is 1.77 bits per heavy atom. The van der Waals surface area contributed by atoms with Crippen molar-refractivity contribution in [3.8, 4) is 0 Å². The number of aromatic nitrogens is 4. The first-order valence-electron chi connectivity index (χ1n) is 8.07. The second-order valence-corrected chi connectivity index (χ2v) is 5.83. The van der Waals surface area contributed by atoms with Gasteiger partial charge in [-0.3, -0.25) is 24.9 Å². The summed E-state index contributed by atoms with van der Waals surface area (Å²) in [6, 6.07) is 14.0. The number of aromatic amines is 1. The summed E-state index contributed by atoms with van der Waals surface area (Å²) in [6.45, 7) is 0.0668. The first kappa shape index (κ1) is 15.8. The van der Waals surface area contributed by atoms with Gasteiger partial charge in [0.1, 0.15) is 6.33 Å². The minimum absolute atomic E-state index is 0.0285. The number of hydrogen-bond donors (Lipinski definition) is 2.